The zero-order valence-electron chi connectivity index (χ0n) is 17.2. The van der Waals surface area contributed by atoms with Crippen molar-refractivity contribution in [1.29, 1.82) is 0 Å². The average Bonchev–Trinajstić information content (AvgIpc) is 2.80. The zero-order chi connectivity index (χ0) is 23.4. The van der Waals surface area contributed by atoms with Crippen molar-refractivity contribution in [2.45, 2.75) is 36.6 Å². The normalized spacial score (nSPS) is 26.4. The Morgan fingerprint density at radius 1 is 1.00 bits per heavy atom. The maximum Gasteiger partial charge on any atom is 0.229 e. The molecule has 10 nitrogen and oxygen atoms in total. The van der Waals surface area contributed by atoms with Crippen LogP contribution in [-0.2, 0) is 4.74 Å². The second-order valence-corrected chi connectivity index (χ2v) is 7.37. The third kappa shape index (κ3) is 4.85. The molecule has 2 aromatic rings. The number of phenols is 1. The van der Waals surface area contributed by atoms with E-state index in [0.29, 0.717) is 11.3 Å². The maximum atomic E-state index is 12.9. The monoisotopic (exact) mass is 450 g/mol. The molecule has 0 radical (unpaired) electrons. The summed E-state index contributed by atoms with van der Waals surface area (Å²) in [6.45, 7) is -1.09. The number of aliphatic hydroxyl groups is 5. The highest BCUT2D eigenvalue weighted by molar-refractivity contribution is 6.03. The summed E-state index contributed by atoms with van der Waals surface area (Å²) in [5, 5.41) is 59.1. The Bertz CT molecular complexity index is 913. The molecule has 174 valence electrons. The lowest BCUT2D eigenvalue weighted by molar-refractivity contribution is -0.277. The third-order valence-corrected chi connectivity index (χ3v) is 5.35. The summed E-state index contributed by atoms with van der Waals surface area (Å²) >= 11 is 0. The van der Waals surface area contributed by atoms with E-state index in [1.807, 2.05) is 0 Å². The molecule has 0 amide bonds. The van der Waals surface area contributed by atoms with E-state index in [-0.39, 0.29) is 11.3 Å². The van der Waals surface area contributed by atoms with E-state index in [2.05, 4.69) is 0 Å². The molecule has 1 fully saturated rings. The molecule has 1 aliphatic rings. The molecule has 1 aliphatic heterocycles. The molecule has 0 spiro atoms. The van der Waals surface area contributed by atoms with Gasteiger partial charge in [0.2, 0.25) is 6.29 Å². The number of carbonyl (C=O) groups excluding carboxylic acids is 1. The molecule has 6 N–H and O–H groups in total. The number of ketones is 1. The molecule has 0 aliphatic carbocycles. The fourth-order valence-corrected chi connectivity index (χ4v) is 3.46. The number of hydrogen-bond acceptors (Lipinski definition) is 10. The topological polar surface area (TPSA) is 166 Å². The van der Waals surface area contributed by atoms with E-state index in [0.717, 1.165) is 6.07 Å². The highest BCUT2D eigenvalue weighted by atomic mass is 16.7. The molecule has 6 atom stereocenters. The van der Waals surface area contributed by atoms with Crippen molar-refractivity contribution in [2.75, 3.05) is 20.3 Å². The molecule has 32 heavy (non-hydrogen) atoms. The van der Waals surface area contributed by atoms with Gasteiger partial charge in [0, 0.05) is 6.07 Å². The van der Waals surface area contributed by atoms with Gasteiger partial charge in [-0.15, -0.1) is 0 Å². The number of aliphatic hydroxyl groups excluding tert-OH is 5. The minimum atomic E-state index is -1.62. The minimum absolute atomic E-state index is 0.00776. The molecule has 10 heteroatoms. The highest BCUT2D eigenvalue weighted by Gasteiger charge is 2.44. The average molecular weight is 450 g/mol. The molecule has 0 saturated carbocycles. The predicted octanol–water partition coefficient (Wildman–Crippen LogP) is -0.462. The molecule has 2 aromatic carbocycles. The predicted molar refractivity (Wildman–Crippen MR) is 110 cm³/mol. The number of carbonyl (C=O) groups is 1. The Morgan fingerprint density at radius 2 is 1.66 bits per heavy atom. The van der Waals surface area contributed by atoms with E-state index in [1.165, 1.54) is 19.2 Å². The number of ether oxygens (including phenoxy) is 3. The Kier molecular flexibility index (Phi) is 7.67. The van der Waals surface area contributed by atoms with Gasteiger partial charge in [0.15, 0.2) is 5.78 Å². The summed E-state index contributed by atoms with van der Waals surface area (Å²) in [5.74, 6) is -1.26. The molecule has 1 heterocycles. The first-order valence-corrected chi connectivity index (χ1v) is 9.89. The lowest BCUT2D eigenvalue weighted by Crippen LogP contribution is -2.60. The van der Waals surface area contributed by atoms with Crippen LogP contribution >= 0.6 is 0 Å². The minimum Gasteiger partial charge on any atom is -0.507 e. The standard InChI is InChI=1S/C22H26O10/c1-30-12-4-2-11(3-5-12)15(9-23)18(26)14-7-6-13(8-16(14)25)31-22-21(29)20(28)19(27)17(10-24)32-22/h2-8,15,17,19-25,27-29H,9-10H2,1H3/t15-,17-,19-,20+,21-,22+/m1/s1. The van der Waals surface area contributed by atoms with Crippen molar-refractivity contribution in [3.05, 3.63) is 53.6 Å². The molecular formula is C22H26O10. The Labute approximate surface area is 183 Å². The first-order chi connectivity index (χ1) is 15.3. The lowest BCUT2D eigenvalue weighted by atomic mass is 9.91. The van der Waals surface area contributed by atoms with Crippen molar-refractivity contribution in [2.24, 2.45) is 0 Å². The number of phenolic OH excluding ortho intramolecular Hbond substituents is 1. The van der Waals surface area contributed by atoms with Crippen molar-refractivity contribution in [3.8, 4) is 17.2 Å². The van der Waals surface area contributed by atoms with Crippen molar-refractivity contribution < 1.29 is 49.6 Å². The van der Waals surface area contributed by atoms with Gasteiger partial charge in [-0.2, -0.15) is 0 Å². The van der Waals surface area contributed by atoms with Crippen LogP contribution in [0.3, 0.4) is 0 Å². The fourth-order valence-electron chi connectivity index (χ4n) is 3.46. The number of methoxy groups -OCH3 is 1. The van der Waals surface area contributed by atoms with Crippen LogP contribution in [0.5, 0.6) is 17.2 Å². The molecular weight excluding hydrogens is 424 g/mol. The summed E-state index contributed by atoms with van der Waals surface area (Å²) in [5.41, 5.74) is 0.486. The van der Waals surface area contributed by atoms with Crippen molar-refractivity contribution >= 4 is 5.78 Å². The van der Waals surface area contributed by atoms with Gasteiger partial charge in [-0.05, 0) is 29.8 Å². The Balaban J connectivity index is 1.77. The number of aromatic hydroxyl groups is 1. The number of benzene rings is 2. The van der Waals surface area contributed by atoms with E-state index in [1.54, 1.807) is 24.3 Å². The summed E-state index contributed by atoms with van der Waals surface area (Å²) in [4.78, 5) is 12.9. The summed E-state index contributed by atoms with van der Waals surface area (Å²) in [6, 6.07) is 10.4. The van der Waals surface area contributed by atoms with Crippen LogP contribution in [0.4, 0.5) is 0 Å². The largest absolute Gasteiger partial charge is 0.507 e. The summed E-state index contributed by atoms with van der Waals surface area (Å²) in [7, 11) is 1.51. The lowest BCUT2D eigenvalue weighted by Gasteiger charge is -2.39. The van der Waals surface area contributed by atoms with E-state index >= 15 is 0 Å². The maximum absolute atomic E-state index is 12.9. The van der Waals surface area contributed by atoms with Gasteiger partial charge in [0.1, 0.15) is 41.7 Å². The van der Waals surface area contributed by atoms with Gasteiger partial charge in [-0.1, -0.05) is 12.1 Å². The van der Waals surface area contributed by atoms with Crippen LogP contribution in [0.2, 0.25) is 0 Å². The van der Waals surface area contributed by atoms with Crippen LogP contribution in [0.25, 0.3) is 0 Å². The van der Waals surface area contributed by atoms with Crippen LogP contribution in [0, 0.1) is 0 Å². The zero-order valence-corrected chi connectivity index (χ0v) is 17.2. The smallest absolute Gasteiger partial charge is 0.229 e. The molecule has 0 bridgehead atoms. The van der Waals surface area contributed by atoms with Crippen LogP contribution < -0.4 is 9.47 Å². The number of rotatable bonds is 8. The first-order valence-electron chi connectivity index (χ1n) is 9.89. The van der Waals surface area contributed by atoms with Crippen LogP contribution in [0.15, 0.2) is 42.5 Å². The van der Waals surface area contributed by atoms with Crippen molar-refractivity contribution in [1.82, 2.24) is 0 Å². The number of hydrogen-bond donors (Lipinski definition) is 6. The van der Waals surface area contributed by atoms with Gasteiger partial charge >= 0.3 is 0 Å². The number of Topliss-reactive ketones (excluding diaryl/α,β-unsaturated/α-hetero) is 1. The Morgan fingerprint density at radius 3 is 2.22 bits per heavy atom. The van der Waals surface area contributed by atoms with Gasteiger partial charge < -0.3 is 44.8 Å². The fraction of sp³-hybridized carbons (Fsp3) is 0.409. The molecule has 1 saturated heterocycles. The van der Waals surface area contributed by atoms with Gasteiger partial charge in [-0.25, -0.2) is 0 Å². The van der Waals surface area contributed by atoms with Crippen LogP contribution in [0.1, 0.15) is 21.8 Å². The van der Waals surface area contributed by atoms with Crippen LogP contribution in [-0.4, -0.2) is 87.5 Å². The van der Waals surface area contributed by atoms with Crippen molar-refractivity contribution in [3.63, 3.8) is 0 Å². The summed E-state index contributed by atoms with van der Waals surface area (Å²) in [6.07, 6.45) is -7.35. The molecule has 0 aromatic heterocycles. The molecule has 0 unspecified atom stereocenters. The van der Waals surface area contributed by atoms with E-state index in [4.69, 9.17) is 14.2 Å². The quantitative estimate of drug-likeness (QED) is 0.290. The molecule has 3 rings (SSSR count). The van der Waals surface area contributed by atoms with Gasteiger partial charge in [0.25, 0.3) is 0 Å². The summed E-state index contributed by atoms with van der Waals surface area (Å²) < 4.78 is 15.8. The van der Waals surface area contributed by atoms with Gasteiger partial charge in [0.05, 0.1) is 31.8 Å². The highest BCUT2D eigenvalue weighted by Crippen LogP contribution is 2.31. The van der Waals surface area contributed by atoms with E-state index < -0.39 is 61.4 Å². The Hall–Kier alpha value is -2.73. The van der Waals surface area contributed by atoms with E-state index in [9.17, 15) is 35.4 Å². The second kappa shape index (κ2) is 10.3. The SMILES string of the molecule is COc1ccc([C@@H](CO)C(=O)c2ccc(O[C@H]3O[C@H](CO)[C@@H](O)[C@H](O)[C@H]3O)cc2O)cc1. The second-order valence-electron chi connectivity index (χ2n) is 7.37. The third-order valence-electron chi connectivity index (χ3n) is 5.35. The van der Waals surface area contributed by atoms with Gasteiger partial charge in [-0.3, -0.25) is 4.79 Å². The first kappa shape index (κ1) is 23.9.